The quantitative estimate of drug-likeness (QED) is 0.722. The van der Waals surface area contributed by atoms with Crippen molar-refractivity contribution in [2.24, 2.45) is 0 Å². The second-order valence-electron chi connectivity index (χ2n) is 4.42. The third kappa shape index (κ3) is 3.02. The van der Waals surface area contributed by atoms with Crippen LogP contribution in [-0.2, 0) is 13.2 Å². The van der Waals surface area contributed by atoms with Crippen LogP contribution in [0.25, 0.3) is 0 Å². The predicted octanol–water partition coefficient (Wildman–Crippen LogP) is 2.68. The van der Waals surface area contributed by atoms with Crippen LogP contribution >= 0.6 is 0 Å². The number of aryl methyl sites for hydroxylation is 1. The number of rotatable bonds is 4. The zero-order valence-electron chi connectivity index (χ0n) is 10.5. The first-order valence-corrected chi connectivity index (χ1v) is 5.97. The van der Waals surface area contributed by atoms with Gasteiger partial charge in [-0.05, 0) is 35.7 Å². The van der Waals surface area contributed by atoms with Crippen molar-refractivity contribution in [2.45, 2.75) is 20.1 Å². The second-order valence-corrected chi connectivity index (χ2v) is 4.42. The van der Waals surface area contributed by atoms with Crippen LogP contribution in [0.4, 0.5) is 11.4 Å². The van der Waals surface area contributed by atoms with Crippen molar-refractivity contribution in [2.75, 3.05) is 11.1 Å². The molecule has 0 atom stereocenters. The Morgan fingerprint density at radius 2 is 1.72 bits per heavy atom. The summed E-state index contributed by atoms with van der Waals surface area (Å²) >= 11 is 0. The fourth-order valence-corrected chi connectivity index (χ4v) is 1.78. The molecule has 0 spiro atoms. The summed E-state index contributed by atoms with van der Waals surface area (Å²) < 4.78 is 0. The van der Waals surface area contributed by atoms with E-state index in [0.717, 1.165) is 29.0 Å². The molecule has 0 unspecified atom stereocenters. The summed E-state index contributed by atoms with van der Waals surface area (Å²) in [6, 6.07) is 13.8. The zero-order valence-corrected chi connectivity index (χ0v) is 10.5. The van der Waals surface area contributed by atoms with Crippen LogP contribution in [0.2, 0.25) is 0 Å². The molecule has 2 rings (SSSR count). The number of anilines is 2. The molecule has 0 bridgehead atoms. The molecule has 94 valence electrons. The Morgan fingerprint density at radius 1 is 1.06 bits per heavy atom. The molecule has 0 fully saturated rings. The van der Waals surface area contributed by atoms with Gasteiger partial charge in [0.05, 0.1) is 18.0 Å². The standard InChI is InChI=1S/C15H18N2O/c1-11-2-7-14(16)15(8-11)17-9-12-3-5-13(10-18)6-4-12/h2-8,17-18H,9-10,16H2,1H3. The molecule has 0 saturated heterocycles. The first-order valence-electron chi connectivity index (χ1n) is 5.97. The third-order valence-electron chi connectivity index (χ3n) is 2.90. The smallest absolute Gasteiger partial charge is 0.0681 e. The van der Waals surface area contributed by atoms with Crippen molar-refractivity contribution in [3.63, 3.8) is 0 Å². The number of hydrogen-bond acceptors (Lipinski definition) is 3. The van der Waals surface area contributed by atoms with Gasteiger partial charge in [0.1, 0.15) is 0 Å². The van der Waals surface area contributed by atoms with E-state index in [1.807, 2.05) is 49.4 Å². The Morgan fingerprint density at radius 3 is 2.39 bits per heavy atom. The number of nitrogen functional groups attached to an aromatic ring is 1. The van der Waals surface area contributed by atoms with Crippen LogP contribution < -0.4 is 11.1 Å². The largest absolute Gasteiger partial charge is 0.397 e. The lowest BCUT2D eigenvalue weighted by Gasteiger charge is -2.10. The lowest BCUT2D eigenvalue weighted by Crippen LogP contribution is -2.02. The molecule has 18 heavy (non-hydrogen) atoms. The fraction of sp³-hybridized carbons (Fsp3) is 0.200. The number of nitrogens with two attached hydrogens (primary N) is 1. The van der Waals surface area contributed by atoms with E-state index in [1.165, 1.54) is 5.56 Å². The Labute approximate surface area is 107 Å². The number of aliphatic hydroxyl groups is 1. The van der Waals surface area contributed by atoms with Gasteiger partial charge in [-0.1, -0.05) is 30.3 Å². The van der Waals surface area contributed by atoms with E-state index in [-0.39, 0.29) is 6.61 Å². The second kappa shape index (κ2) is 5.56. The van der Waals surface area contributed by atoms with Gasteiger partial charge in [0.2, 0.25) is 0 Å². The van der Waals surface area contributed by atoms with Crippen molar-refractivity contribution >= 4 is 11.4 Å². The first kappa shape index (κ1) is 12.5. The van der Waals surface area contributed by atoms with Crippen LogP contribution in [-0.4, -0.2) is 5.11 Å². The number of benzene rings is 2. The molecular weight excluding hydrogens is 224 g/mol. The minimum absolute atomic E-state index is 0.0819. The Kier molecular flexibility index (Phi) is 3.85. The molecule has 0 radical (unpaired) electrons. The van der Waals surface area contributed by atoms with Crippen LogP contribution in [0, 0.1) is 6.92 Å². The van der Waals surface area contributed by atoms with Gasteiger partial charge in [0, 0.05) is 6.54 Å². The minimum Gasteiger partial charge on any atom is -0.397 e. The van der Waals surface area contributed by atoms with Gasteiger partial charge >= 0.3 is 0 Å². The maximum Gasteiger partial charge on any atom is 0.0681 e. The number of nitrogens with one attached hydrogen (secondary N) is 1. The highest BCUT2D eigenvalue weighted by atomic mass is 16.3. The highest BCUT2D eigenvalue weighted by Gasteiger charge is 1.99. The zero-order chi connectivity index (χ0) is 13.0. The number of aliphatic hydroxyl groups excluding tert-OH is 1. The molecule has 4 N–H and O–H groups in total. The average Bonchev–Trinajstić information content (AvgIpc) is 2.40. The number of hydrogen-bond donors (Lipinski definition) is 3. The lowest BCUT2D eigenvalue weighted by molar-refractivity contribution is 0.282. The highest BCUT2D eigenvalue weighted by molar-refractivity contribution is 5.66. The van der Waals surface area contributed by atoms with Gasteiger partial charge in [-0.25, -0.2) is 0 Å². The molecule has 0 saturated carbocycles. The molecule has 2 aromatic carbocycles. The van der Waals surface area contributed by atoms with Crippen LogP contribution in [0.3, 0.4) is 0 Å². The topological polar surface area (TPSA) is 58.3 Å². The summed E-state index contributed by atoms with van der Waals surface area (Å²) in [4.78, 5) is 0. The molecule has 2 aromatic rings. The predicted molar refractivity (Wildman–Crippen MR) is 75.3 cm³/mol. The summed E-state index contributed by atoms with van der Waals surface area (Å²) in [7, 11) is 0. The summed E-state index contributed by atoms with van der Waals surface area (Å²) in [6.45, 7) is 2.85. The third-order valence-corrected chi connectivity index (χ3v) is 2.90. The van der Waals surface area contributed by atoms with Crippen molar-refractivity contribution in [1.82, 2.24) is 0 Å². The van der Waals surface area contributed by atoms with E-state index in [0.29, 0.717) is 0 Å². The Balaban J connectivity index is 2.04. The van der Waals surface area contributed by atoms with Gasteiger partial charge in [-0.3, -0.25) is 0 Å². The molecule has 0 heterocycles. The van der Waals surface area contributed by atoms with Crippen molar-refractivity contribution in [3.8, 4) is 0 Å². The SMILES string of the molecule is Cc1ccc(N)c(NCc2ccc(CO)cc2)c1. The van der Waals surface area contributed by atoms with Gasteiger partial charge < -0.3 is 16.2 Å². The van der Waals surface area contributed by atoms with E-state index < -0.39 is 0 Å². The summed E-state index contributed by atoms with van der Waals surface area (Å²) in [5, 5.41) is 12.3. The van der Waals surface area contributed by atoms with E-state index in [4.69, 9.17) is 10.8 Å². The highest BCUT2D eigenvalue weighted by Crippen LogP contribution is 2.20. The molecule has 0 aliphatic carbocycles. The van der Waals surface area contributed by atoms with E-state index in [9.17, 15) is 0 Å². The molecule has 3 nitrogen and oxygen atoms in total. The summed E-state index contributed by atoms with van der Waals surface area (Å²) in [6.07, 6.45) is 0. The van der Waals surface area contributed by atoms with Gasteiger partial charge in [0.25, 0.3) is 0 Å². The van der Waals surface area contributed by atoms with Crippen LogP contribution in [0.5, 0.6) is 0 Å². The maximum absolute atomic E-state index is 8.97. The molecule has 0 aromatic heterocycles. The van der Waals surface area contributed by atoms with Crippen LogP contribution in [0.1, 0.15) is 16.7 Å². The van der Waals surface area contributed by atoms with E-state index >= 15 is 0 Å². The summed E-state index contributed by atoms with van der Waals surface area (Å²) in [5.41, 5.74) is 10.9. The molecular formula is C15H18N2O. The minimum atomic E-state index is 0.0819. The molecule has 3 heteroatoms. The maximum atomic E-state index is 8.97. The molecule has 0 aliphatic rings. The first-order chi connectivity index (χ1) is 8.69. The van der Waals surface area contributed by atoms with Gasteiger partial charge in [0.15, 0.2) is 0 Å². The normalized spacial score (nSPS) is 10.3. The Hall–Kier alpha value is -2.00. The monoisotopic (exact) mass is 242 g/mol. The Bertz CT molecular complexity index is 521. The fourth-order valence-electron chi connectivity index (χ4n) is 1.78. The van der Waals surface area contributed by atoms with E-state index in [2.05, 4.69) is 5.32 Å². The van der Waals surface area contributed by atoms with Crippen molar-refractivity contribution in [3.05, 3.63) is 59.2 Å². The molecule has 0 aliphatic heterocycles. The summed E-state index contributed by atoms with van der Waals surface area (Å²) in [5.74, 6) is 0. The van der Waals surface area contributed by atoms with E-state index in [1.54, 1.807) is 0 Å². The van der Waals surface area contributed by atoms with Gasteiger partial charge in [-0.2, -0.15) is 0 Å². The average molecular weight is 242 g/mol. The lowest BCUT2D eigenvalue weighted by atomic mass is 10.1. The van der Waals surface area contributed by atoms with Crippen LogP contribution in [0.15, 0.2) is 42.5 Å². The van der Waals surface area contributed by atoms with Crippen molar-refractivity contribution in [1.29, 1.82) is 0 Å². The van der Waals surface area contributed by atoms with Gasteiger partial charge in [-0.15, -0.1) is 0 Å². The molecule has 0 amide bonds. The van der Waals surface area contributed by atoms with Crippen molar-refractivity contribution < 1.29 is 5.11 Å².